The first kappa shape index (κ1) is 24.2. The highest BCUT2D eigenvalue weighted by Crippen LogP contribution is 2.22. The van der Waals surface area contributed by atoms with E-state index in [1.165, 1.54) is 7.11 Å². The van der Waals surface area contributed by atoms with Crippen LogP contribution < -0.4 is 0 Å². The van der Waals surface area contributed by atoms with Crippen molar-refractivity contribution in [2.45, 2.75) is 90.2 Å². The molecule has 0 bridgehead atoms. The Morgan fingerprint density at radius 3 is 2.79 bits per heavy atom. The van der Waals surface area contributed by atoms with Gasteiger partial charge in [-0.1, -0.05) is 38.8 Å². The van der Waals surface area contributed by atoms with Gasteiger partial charge < -0.3 is 14.7 Å². The molecule has 0 aromatic heterocycles. The largest absolute Gasteiger partial charge is 0.469 e. The Labute approximate surface area is 170 Å². The van der Waals surface area contributed by atoms with Gasteiger partial charge in [0.1, 0.15) is 0 Å². The molecule has 0 aromatic carbocycles. The zero-order valence-corrected chi connectivity index (χ0v) is 17.8. The minimum absolute atomic E-state index is 0.0793. The molecule has 1 fully saturated rings. The molecule has 1 heterocycles. The third kappa shape index (κ3) is 9.41. The zero-order valence-electron chi connectivity index (χ0n) is 17.8. The van der Waals surface area contributed by atoms with Gasteiger partial charge in [0.25, 0.3) is 0 Å². The maximum absolute atomic E-state index is 12.2. The van der Waals surface area contributed by atoms with Crippen molar-refractivity contribution < 1.29 is 19.4 Å². The molecular weight excluding hydrogens is 354 g/mol. The number of carbonyl (C=O) groups is 2. The molecule has 5 heteroatoms. The molecule has 1 aliphatic rings. The van der Waals surface area contributed by atoms with Crippen LogP contribution in [0.1, 0.15) is 78.1 Å². The molecule has 3 unspecified atom stereocenters. The summed E-state index contributed by atoms with van der Waals surface area (Å²) in [6.45, 7) is 4.84. The first-order chi connectivity index (χ1) is 13.5. The number of nitrogens with zero attached hydrogens (tertiary/aromatic N) is 1. The first-order valence-electron chi connectivity index (χ1n) is 10.7. The van der Waals surface area contributed by atoms with Crippen LogP contribution in [-0.2, 0) is 14.3 Å². The van der Waals surface area contributed by atoms with E-state index in [0.717, 1.165) is 51.5 Å². The van der Waals surface area contributed by atoms with Crippen LogP contribution in [-0.4, -0.2) is 47.7 Å². The highest BCUT2D eigenvalue weighted by atomic mass is 16.5. The number of unbranched alkanes of at least 4 members (excludes halogenated alkanes) is 4. The summed E-state index contributed by atoms with van der Waals surface area (Å²) in [5, 5.41) is 10.3. The molecule has 1 amide bonds. The molecule has 158 valence electrons. The number of hydrogen-bond donors (Lipinski definition) is 1. The lowest BCUT2D eigenvalue weighted by Gasteiger charge is -2.23. The fourth-order valence-electron chi connectivity index (χ4n) is 3.25. The van der Waals surface area contributed by atoms with Crippen LogP contribution in [0.15, 0.2) is 12.2 Å². The zero-order chi connectivity index (χ0) is 20.8. The van der Waals surface area contributed by atoms with Gasteiger partial charge >= 0.3 is 5.97 Å². The van der Waals surface area contributed by atoms with E-state index in [1.54, 1.807) is 0 Å². The number of likely N-dealkylation sites (tertiary alicyclic amines) is 1. The van der Waals surface area contributed by atoms with E-state index in [2.05, 4.69) is 23.5 Å². The Morgan fingerprint density at radius 2 is 2.07 bits per heavy atom. The van der Waals surface area contributed by atoms with Crippen LogP contribution in [0.3, 0.4) is 0 Å². The first-order valence-corrected chi connectivity index (χ1v) is 10.7. The van der Waals surface area contributed by atoms with E-state index < -0.39 is 6.10 Å². The number of methoxy groups -OCH3 is 1. The van der Waals surface area contributed by atoms with E-state index in [4.69, 9.17) is 0 Å². The topological polar surface area (TPSA) is 66.8 Å². The SMILES string of the molecule is CCCC#CCC(C)C(O)C=CC1CCC(=O)N1CCCCCCC(=O)OC. The second kappa shape index (κ2) is 14.2. The number of esters is 1. The van der Waals surface area contributed by atoms with Crippen LogP contribution in [0.5, 0.6) is 0 Å². The van der Waals surface area contributed by atoms with Crippen molar-refractivity contribution in [1.82, 2.24) is 4.90 Å². The Hall–Kier alpha value is -1.80. The summed E-state index contributed by atoms with van der Waals surface area (Å²) < 4.78 is 4.63. The quantitative estimate of drug-likeness (QED) is 0.237. The smallest absolute Gasteiger partial charge is 0.305 e. The summed E-state index contributed by atoms with van der Waals surface area (Å²) in [7, 11) is 1.41. The third-order valence-corrected chi connectivity index (χ3v) is 5.17. The van der Waals surface area contributed by atoms with Gasteiger partial charge in [0.05, 0.1) is 19.3 Å². The number of hydrogen-bond acceptors (Lipinski definition) is 4. The van der Waals surface area contributed by atoms with Crippen molar-refractivity contribution in [3.05, 3.63) is 12.2 Å². The van der Waals surface area contributed by atoms with Gasteiger partial charge in [-0.2, -0.15) is 0 Å². The van der Waals surface area contributed by atoms with E-state index in [0.29, 0.717) is 19.3 Å². The second-order valence-electron chi connectivity index (χ2n) is 7.59. The number of aliphatic hydroxyl groups is 1. The third-order valence-electron chi connectivity index (χ3n) is 5.17. The van der Waals surface area contributed by atoms with Gasteiger partial charge in [0.2, 0.25) is 5.91 Å². The van der Waals surface area contributed by atoms with Crippen LogP contribution in [0.25, 0.3) is 0 Å². The number of amides is 1. The van der Waals surface area contributed by atoms with Crippen LogP contribution in [0, 0.1) is 17.8 Å². The van der Waals surface area contributed by atoms with E-state index in [9.17, 15) is 14.7 Å². The van der Waals surface area contributed by atoms with Crippen molar-refractivity contribution in [3.8, 4) is 11.8 Å². The van der Waals surface area contributed by atoms with Crippen molar-refractivity contribution in [2.75, 3.05) is 13.7 Å². The Bertz CT molecular complexity index is 561. The van der Waals surface area contributed by atoms with Gasteiger partial charge in [-0.3, -0.25) is 9.59 Å². The lowest BCUT2D eigenvalue weighted by Crippen LogP contribution is -2.33. The van der Waals surface area contributed by atoms with Gasteiger partial charge in [0, 0.05) is 32.2 Å². The predicted octanol–water partition coefficient (Wildman–Crippen LogP) is 3.85. The van der Waals surface area contributed by atoms with Crippen molar-refractivity contribution in [2.24, 2.45) is 5.92 Å². The summed E-state index contributed by atoms with van der Waals surface area (Å²) in [4.78, 5) is 25.2. The number of rotatable bonds is 12. The van der Waals surface area contributed by atoms with E-state index in [1.807, 2.05) is 24.0 Å². The predicted molar refractivity (Wildman–Crippen MR) is 111 cm³/mol. The molecule has 5 nitrogen and oxygen atoms in total. The number of aliphatic hydroxyl groups excluding tert-OH is 1. The molecule has 1 rings (SSSR count). The summed E-state index contributed by atoms with van der Waals surface area (Å²) in [5.41, 5.74) is 0. The molecule has 0 spiro atoms. The fourth-order valence-corrected chi connectivity index (χ4v) is 3.25. The normalized spacial score (nSPS) is 18.8. The molecule has 0 saturated carbocycles. The summed E-state index contributed by atoms with van der Waals surface area (Å²) in [5.74, 6) is 6.36. The lowest BCUT2D eigenvalue weighted by atomic mass is 9.99. The minimum atomic E-state index is -0.535. The number of ether oxygens (including phenoxy) is 1. The van der Waals surface area contributed by atoms with Crippen LogP contribution in [0.4, 0.5) is 0 Å². The molecule has 1 aliphatic heterocycles. The van der Waals surface area contributed by atoms with Crippen LogP contribution >= 0.6 is 0 Å². The molecule has 1 saturated heterocycles. The molecule has 1 N–H and O–H groups in total. The Balaban J connectivity index is 2.36. The van der Waals surface area contributed by atoms with Crippen molar-refractivity contribution in [1.29, 1.82) is 0 Å². The Kier molecular flexibility index (Phi) is 12.3. The highest BCUT2D eigenvalue weighted by Gasteiger charge is 2.28. The van der Waals surface area contributed by atoms with Gasteiger partial charge in [-0.25, -0.2) is 0 Å². The van der Waals surface area contributed by atoms with Gasteiger partial charge in [-0.15, -0.1) is 11.8 Å². The summed E-state index contributed by atoms with van der Waals surface area (Å²) in [6, 6.07) is 0.0793. The molecule has 0 radical (unpaired) electrons. The average Bonchev–Trinajstić information content (AvgIpc) is 3.05. The van der Waals surface area contributed by atoms with Crippen molar-refractivity contribution >= 4 is 11.9 Å². The minimum Gasteiger partial charge on any atom is -0.469 e. The van der Waals surface area contributed by atoms with Gasteiger partial charge in [0.15, 0.2) is 0 Å². The summed E-state index contributed by atoms with van der Waals surface area (Å²) >= 11 is 0. The maximum Gasteiger partial charge on any atom is 0.305 e. The number of carbonyl (C=O) groups excluding carboxylic acids is 2. The molecular formula is C23H37NO4. The summed E-state index contributed by atoms with van der Waals surface area (Å²) in [6.07, 6.45) is 11.5. The highest BCUT2D eigenvalue weighted by molar-refractivity contribution is 5.79. The Morgan fingerprint density at radius 1 is 1.32 bits per heavy atom. The maximum atomic E-state index is 12.2. The van der Waals surface area contributed by atoms with E-state index in [-0.39, 0.29) is 23.8 Å². The molecule has 28 heavy (non-hydrogen) atoms. The van der Waals surface area contributed by atoms with Crippen molar-refractivity contribution in [3.63, 3.8) is 0 Å². The monoisotopic (exact) mass is 391 g/mol. The van der Waals surface area contributed by atoms with Crippen LogP contribution in [0.2, 0.25) is 0 Å². The van der Waals surface area contributed by atoms with E-state index >= 15 is 0 Å². The molecule has 3 atom stereocenters. The fraction of sp³-hybridized carbons (Fsp3) is 0.739. The average molecular weight is 392 g/mol. The second-order valence-corrected chi connectivity index (χ2v) is 7.59. The standard InChI is InChI=1S/C23H37NO4/c1-4-5-6-9-12-19(2)21(25)16-14-20-15-17-22(26)24(20)18-11-8-7-10-13-23(27)28-3/h14,16,19-21,25H,4-5,7-8,10-13,15,17-18H2,1-3H3. The van der Waals surface area contributed by atoms with Gasteiger partial charge in [-0.05, 0) is 31.6 Å². The lowest BCUT2D eigenvalue weighted by molar-refractivity contribution is -0.140. The molecule has 0 aromatic rings. The molecule has 0 aliphatic carbocycles.